The normalized spacial score (nSPS) is 10.8. The van der Waals surface area contributed by atoms with Crippen molar-refractivity contribution in [3.8, 4) is 11.3 Å². The number of nitrogens with one attached hydrogen (secondary N) is 2. The molecule has 0 aliphatic carbocycles. The molecule has 0 saturated carbocycles. The van der Waals surface area contributed by atoms with E-state index >= 15 is 0 Å². The smallest absolute Gasteiger partial charge is 0.275 e. The molecular formula is C12H10N4O. The molecule has 0 spiro atoms. The van der Waals surface area contributed by atoms with Crippen LogP contribution in [0.3, 0.4) is 0 Å². The van der Waals surface area contributed by atoms with E-state index in [2.05, 4.69) is 15.2 Å². The molecule has 17 heavy (non-hydrogen) atoms. The van der Waals surface area contributed by atoms with Crippen molar-refractivity contribution in [2.45, 2.75) is 0 Å². The van der Waals surface area contributed by atoms with Gasteiger partial charge in [-0.05, 0) is 12.1 Å². The second-order valence-corrected chi connectivity index (χ2v) is 3.76. The molecule has 0 fully saturated rings. The molecule has 0 bridgehead atoms. The molecule has 0 saturated heterocycles. The van der Waals surface area contributed by atoms with E-state index in [1.54, 1.807) is 6.07 Å². The van der Waals surface area contributed by atoms with Gasteiger partial charge in [-0.15, -0.1) is 0 Å². The molecule has 0 aliphatic heterocycles. The van der Waals surface area contributed by atoms with Crippen LogP contribution in [0.5, 0.6) is 0 Å². The minimum Gasteiger partial charge on any atom is -0.383 e. The van der Waals surface area contributed by atoms with Crippen molar-refractivity contribution < 1.29 is 0 Å². The quantitative estimate of drug-likeness (QED) is 0.587. The standard InChI is InChI=1S/C12H10N4O/c13-11-10(12(17)16-15-11)9-6-5-7-3-1-2-4-8(7)14-9/h1-6H,(H4,13,15,16,17). The number of nitrogens with two attached hydrogens (primary N) is 1. The van der Waals surface area contributed by atoms with Crippen molar-refractivity contribution in [3.05, 3.63) is 46.8 Å². The summed E-state index contributed by atoms with van der Waals surface area (Å²) in [5.41, 5.74) is 7.23. The first-order chi connectivity index (χ1) is 8.25. The van der Waals surface area contributed by atoms with E-state index < -0.39 is 0 Å². The number of para-hydroxylation sites is 1. The Balaban J connectivity index is 2.29. The molecule has 1 aromatic carbocycles. The summed E-state index contributed by atoms with van der Waals surface area (Å²) in [6.07, 6.45) is 0. The van der Waals surface area contributed by atoms with Crippen molar-refractivity contribution in [1.29, 1.82) is 0 Å². The molecule has 3 aromatic rings. The Morgan fingerprint density at radius 2 is 1.88 bits per heavy atom. The van der Waals surface area contributed by atoms with Gasteiger partial charge < -0.3 is 5.73 Å². The summed E-state index contributed by atoms with van der Waals surface area (Å²) in [6, 6.07) is 11.4. The molecule has 84 valence electrons. The number of nitrogens with zero attached hydrogens (tertiary/aromatic N) is 1. The Bertz CT molecular complexity index is 741. The van der Waals surface area contributed by atoms with Crippen LogP contribution in [-0.4, -0.2) is 15.2 Å². The molecule has 2 aromatic heterocycles. The minimum atomic E-state index is -0.259. The number of aromatic nitrogens is 3. The highest BCUT2D eigenvalue weighted by Crippen LogP contribution is 2.21. The summed E-state index contributed by atoms with van der Waals surface area (Å²) in [5, 5.41) is 6.05. The third-order valence-corrected chi connectivity index (χ3v) is 2.66. The predicted octanol–water partition coefficient (Wildman–Crippen LogP) is 1.50. The molecule has 0 aliphatic rings. The average molecular weight is 226 g/mol. The molecule has 0 atom stereocenters. The average Bonchev–Trinajstić information content (AvgIpc) is 2.68. The second-order valence-electron chi connectivity index (χ2n) is 3.76. The van der Waals surface area contributed by atoms with Crippen molar-refractivity contribution >= 4 is 16.7 Å². The largest absolute Gasteiger partial charge is 0.383 e. The van der Waals surface area contributed by atoms with E-state index in [0.717, 1.165) is 10.9 Å². The van der Waals surface area contributed by atoms with E-state index in [-0.39, 0.29) is 5.56 Å². The van der Waals surface area contributed by atoms with E-state index in [9.17, 15) is 4.79 Å². The number of benzene rings is 1. The lowest BCUT2D eigenvalue weighted by atomic mass is 10.1. The van der Waals surface area contributed by atoms with Gasteiger partial charge in [0.2, 0.25) is 0 Å². The zero-order valence-corrected chi connectivity index (χ0v) is 8.90. The van der Waals surface area contributed by atoms with Gasteiger partial charge in [-0.25, -0.2) is 4.98 Å². The second kappa shape index (κ2) is 3.48. The van der Waals surface area contributed by atoms with E-state index in [1.807, 2.05) is 30.3 Å². The third-order valence-electron chi connectivity index (χ3n) is 2.66. The fraction of sp³-hybridized carbons (Fsp3) is 0. The Hall–Kier alpha value is -2.56. The topological polar surface area (TPSA) is 87.6 Å². The molecular weight excluding hydrogens is 216 g/mol. The van der Waals surface area contributed by atoms with E-state index in [4.69, 9.17) is 5.73 Å². The fourth-order valence-corrected chi connectivity index (χ4v) is 1.83. The Labute approximate surface area is 96.3 Å². The number of H-pyrrole nitrogens is 2. The summed E-state index contributed by atoms with van der Waals surface area (Å²) >= 11 is 0. The number of hydrogen-bond acceptors (Lipinski definition) is 3. The number of aromatic amines is 2. The molecule has 5 heteroatoms. The maximum Gasteiger partial charge on any atom is 0.275 e. The van der Waals surface area contributed by atoms with E-state index in [1.165, 1.54) is 0 Å². The number of hydrogen-bond donors (Lipinski definition) is 3. The van der Waals surface area contributed by atoms with Gasteiger partial charge in [0.25, 0.3) is 5.56 Å². The van der Waals surface area contributed by atoms with Gasteiger partial charge in [0.05, 0.1) is 11.2 Å². The van der Waals surface area contributed by atoms with Gasteiger partial charge >= 0.3 is 0 Å². The summed E-state index contributed by atoms with van der Waals surface area (Å²) in [7, 11) is 0. The van der Waals surface area contributed by atoms with Gasteiger partial charge in [-0.3, -0.25) is 15.0 Å². The summed E-state index contributed by atoms with van der Waals surface area (Å²) < 4.78 is 0. The van der Waals surface area contributed by atoms with E-state index in [0.29, 0.717) is 17.1 Å². The molecule has 0 radical (unpaired) electrons. The maximum atomic E-state index is 11.6. The van der Waals surface area contributed by atoms with Gasteiger partial charge in [0, 0.05) is 5.39 Å². The first-order valence-electron chi connectivity index (χ1n) is 5.18. The van der Waals surface area contributed by atoms with Crippen LogP contribution in [0.2, 0.25) is 0 Å². The number of pyridine rings is 1. The molecule has 3 rings (SSSR count). The van der Waals surface area contributed by atoms with Crippen LogP contribution < -0.4 is 11.3 Å². The SMILES string of the molecule is Nc1[nH][nH]c(=O)c1-c1ccc2ccccc2n1. The van der Waals surface area contributed by atoms with Crippen LogP contribution in [0.1, 0.15) is 0 Å². The zero-order chi connectivity index (χ0) is 11.8. The van der Waals surface area contributed by atoms with Crippen LogP contribution in [-0.2, 0) is 0 Å². The van der Waals surface area contributed by atoms with Crippen molar-refractivity contribution in [1.82, 2.24) is 15.2 Å². The third kappa shape index (κ3) is 1.48. The lowest BCUT2D eigenvalue weighted by Gasteiger charge is -2.00. The number of anilines is 1. The lowest BCUT2D eigenvalue weighted by molar-refractivity contribution is 1.06. The van der Waals surface area contributed by atoms with Crippen LogP contribution >= 0.6 is 0 Å². The van der Waals surface area contributed by atoms with Crippen LogP contribution in [0, 0.1) is 0 Å². The highest BCUT2D eigenvalue weighted by Gasteiger charge is 2.11. The fourth-order valence-electron chi connectivity index (χ4n) is 1.83. The molecule has 4 N–H and O–H groups in total. The van der Waals surface area contributed by atoms with Gasteiger partial charge in [0.15, 0.2) is 0 Å². The van der Waals surface area contributed by atoms with Crippen molar-refractivity contribution in [2.24, 2.45) is 0 Å². The maximum absolute atomic E-state index is 11.6. The number of nitrogen functional groups attached to an aromatic ring is 1. The Morgan fingerprint density at radius 3 is 2.65 bits per heavy atom. The van der Waals surface area contributed by atoms with Crippen LogP contribution in [0.15, 0.2) is 41.2 Å². The number of rotatable bonds is 1. The summed E-state index contributed by atoms with van der Waals surface area (Å²) in [5.74, 6) is 0.304. The van der Waals surface area contributed by atoms with Gasteiger partial charge in [-0.1, -0.05) is 24.3 Å². The number of fused-ring (bicyclic) bond motifs is 1. The highest BCUT2D eigenvalue weighted by atomic mass is 16.1. The molecule has 2 heterocycles. The van der Waals surface area contributed by atoms with Gasteiger partial charge in [-0.2, -0.15) is 0 Å². The summed E-state index contributed by atoms with van der Waals surface area (Å²) in [6.45, 7) is 0. The van der Waals surface area contributed by atoms with Crippen molar-refractivity contribution in [3.63, 3.8) is 0 Å². The Kier molecular flexibility index (Phi) is 1.98. The predicted molar refractivity (Wildman–Crippen MR) is 66.6 cm³/mol. The lowest BCUT2D eigenvalue weighted by Crippen LogP contribution is -2.03. The molecule has 5 nitrogen and oxygen atoms in total. The minimum absolute atomic E-state index is 0.259. The summed E-state index contributed by atoms with van der Waals surface area (Å²) in [4.78, 5) is 16.0. The highest BCUT2D eigenvalue weighted by molar-refractivity contribution is 5.82. The first kappa shape index (κ1) is 9.65. The first-order valence-corrected chi connectivity index (χ1v) is 5.18. The van der Waals surface area contributed by atoms with Crippen molar-refractivity contribution in [2.75, 3.05) is 5.73 Å². The van der Waals surface area contributed by atoms with Crippen LogP contribution in [0.4, 0.5) is 5.82 Å². The Morgan fingerprint density at radius 1 is 1.06 bits per heavy atom. The van der Waals surface area contributed by atoms with Crippen LogP contribution in [0.25, 0.3) is 22.2 Å². The zero-order valence-electron chi connectivity index (χ0n) is 8.90. The monoisotopic (exact) mass is 226 g/mol. The van der Waals surface area contributed by atoms with Gasteiger partial charge in [0.1, 0.15) is 11.4 Å². The molecule has 0 amide bonds. The molecule has 0 unspecified atom stereocenters.